The van der Waals surface area contributed by atoms with Gasteiger partial charge in [-0.15, -0.1) is 0 Å². The van der Waals surface area contributed by atoms with Crippen molar-refractivity contribution in [2.45, 2.75) is 57.4 Å². The lowest BCUT2D eigenvalue weighted by molar-refractivity contribution is 0.0804. The minimum absolute atomic E-state index is 0.395. The summed E-state index contributed by atoms with van der Waals surface area (Å²) in [5.41, 5.74) is -0.395. The molecule has 0 spiro atoms. The number of hydrogen-bond donors (Lipinski definition) is 1. The van der Waals surface area contributed by atoms with Gasteiger partial charge in [-0.1, -0.05) is 19.3 Å². The Balaban J connectivity index is 2.02. The third-order valence-electron chi connectivity index (χ3n) is 3.84. The van der Waals surface area contributed by atoms with Gasteiger partial charge in [0.2, 0.25) is 0 Å². The molecule has 0 bridgehead atoms. The summed E-state index contributed by atoms with van der Waals surface area (Å²) >= 11 is 0. The number of nitrogens with one attached hydrogen (secondary N) is 1. The second kappa shape index (κ2) is 7.68. The Morgan fingerprint density at radius 3 is 2.65 bits per heavy atom. The molecule has 0 amide bonds. The molecule has 98 valence electrons. The zero-order valence-corrected chi connectivity index (χ0v) is 11.3. The third kappa shape index (κ3) is 5.52. The van der Waals surface area contributed by atoms with Gasteiger partial charge in [-0.05, 0) is 45.6 Å². The van der Waals surface area contributed by atoms with Gasteiger partial charge in [0, 0.05) is 13.2 Å². The van der Waals surface area contributed by atoms with Gasteiger partial charge in [0.1, 0.15) is 5.54 Å². The molecule has 3 heteroatoms. The SMILES string of the molecule is CNC(C)(C#N)CCCOCC1CCCCC1. The Morgan fingerprint density at radius 2 is 2.06 bits per heavy atom. The molecule has 3 nitrogen and oxygen atoms in total. The summed E-state index contributed by atoms with van der Waals surface area (Å²) in [6.45, 7) is 3.65. The lowest BCUT2D eigenvalue weighted by atomic mass is 9.90. The lowest BCUT2D eigenvalue weighted by Crippen LogP contribution is -2.38. The van der Waals surface area contributed by atoms with Gasteiger partial charge in [-0.3, -0.25) is 0 Å². The highest BCUT2D eigenvalue weighted by Crippen LogP contribution is 2.23. The van der Waals surface area contributed by atoms with E-state index in [0.29, 0.717) is 0 Å². The number of rotatable bonds is 7. The first-order valence-corrected chi connectivity index (χ1v) is 6.88. The highest BCUT2D eigenvalue weighted by molar-refractivity contribution is 5.02. The van der Waals surface area contributed by atoms with Gasteiger partial charge < -0.3 is 10.1 Å². The van der Waals surface area contributed by atoms with Crippen molar-refractivity contribution in [1.82, 2.24) is 5.32 Å². The van der Waals surface area contributed by atoms with Crippen LogP contribution < -0.4 is 5.32 Å². The van der Waals surface area contributed by atoms with Crippen LogP contribution in [0.15, 0.2) is 0 Å². The molecule has 1 aliphatic rings. The van der Waals surface area contributed by atoms with E-state index in [1.165, 1.54) is 32.1 Å². The molecule has 0 aromatic heterocycles. The number of nitriles is 1. The fourth-order valence-electron chi connectivity index (χ4n) is 2.37. The maximum absolute atomic E-state index is 8.99. The smallest absolute Gasteiger partial charge is 0.103 e. The molecule has 0 saturated heterocycles. The highest BCUT2D eigenvalue weighted by atomic mass is 16.5. The van der Waals surface area contributed by atoms with Crippen molar-refractivity contribution in [2.24, 2.45) is 5.92 Å². The molecule has 1 unspecified atom stereocenters. The van der Waals surface area contributed by atoms with E-state index in [0.717, 1.165) is 32.0 Å². The van der Waals surface area contributed by atoms with E-state index in [2.05, 4.69) is 11.4 Å². The van der Waals surface area contributed by atoms with E-state index in [4.69, 9.17) is 10.00 Å². The first kappa shape index (κ1) is 14.5. The van der Waals surface area contributed by atoms with Crippen molar-refractivity contribution in [2.75, 3.05) is 20.3 Å². The number of hydrogen-bond acceptors (Lipinski definition) is 3. The Bertz CT molecular complexity index is 243. The van der Waals surface area contributed by atoms with Gasteiger partial charge in [-0.25, -0.2) is 0 Å². The molecule has 1 aliphatic carbocycles. The molecule has 0 radical (unpaired) electrons. The van der Waals surface area contributed by atoms with Crippen LogP contribution in [0, 0.1) is 17.2 Å². The summed E-state index contributed by atoms with van der Waals surface area (Å²) in [4.78, 5) is 0. The van der Waals surface area contributed by atoms with Gasteiger partial charge >= 0.3 is 0 Å². The third-order valence-corrected chi connectivity index (χ3v) is 3.84. The van der Waals surface area contributed by atoms with Gasteiger partial charge in [0.15, 0.2) is 0 Å². The molecular weight excluding hydrogens is 212 g/mol. The first-order valence-electron chi connectivity index (χ1n) is 6.88. The largest absolute Gasteiger partial charge is 0.381 e. The summed E-state index contributed by atoms with van der Waals surface area (Å²) in [6.07, 6.45) is 8.64. The molecule has 0 aliphatic heterocycles. The predicted octanol–water partition coefficient (Wildman–Crippen LogP) is 2.87. The van der Waals surface area contributed by atoms with E-state index in [9.17, 15) is 0 Å². The topological polar surface area (TPSA) is 45.0 Å². The molecule has 1 saturated carbocycles. The summed E-state index contributed by atoms with van der Waals surface area (Å²) in [5.74, 6) is 0.787. The lowest BCUT2D eigenvalue weighted by Gasteiger charge is -2.22. The normalized spacial score (nSPS) is 20.8. The minimum atomic E-state index is -0.395. The molecule has 1 fully saturated rings. The first-order chi connectivity index (χ1) is 8.20. The number of nitrogens with zero attached hydrogens (tertiary/aromatic N) is 1. The van der Waals surface area contributed by atoms with Crippen LogP contribution in [0.25, 0.3) is 0 Å². The van der Waals surface area contributed by atoms with Crippen LogP contribution in [0.1, 0.15) is 51.9 Å². The van der Waals surface area contributed by atoms with Crippen LogP contribution in [0.5, 0.6) is 0 Å². The molecule has 0 aromatic rings. The van der Waals surface area contributed by atoms with Gasteiger partial charge in [-0.2, -0.15) is 5.26 Å². The molecule has 1 N–H and O–H groups in total. The molecule has 17 heavy (non-hydrogen) atoms. The molecule has 1 atom stereocenters. The fraction of sp³-hybridized carbons (Fsp3) is 0.929. The van der Waals surface area contributed by atoms with Gasteiger partial charge in [0.05, 0.1) is 6.07 Å². The molecule has 0 aromatic carbocycles. The Kier molecular flexibility index (Phi) is 6.54. The van der Waals surface area contributed by atoms with Crippen LogP contribution >= 0.6 is 0 Å². The van der Waals surface area contributed by atoms with E-state index in [1.54, 1.807) is 0 Å². The van der Waals surface area contributed by atoms with Crippen molar-refractivity contribution < 1.29 is 4.74 Å². The van der Waals surface area contributed by atoms with Crippen LogP contribution in [0.3, 0.4) is 0 Å². The quantitative estimate of drug-likeness (QED) is 0.694. The van der Waals surface area contributed by atoms with E-state index >= 15 is 0 Å². The Morgan fingerprint density at radius 1 is 1.35 bits per heavy atom. The summed E-state index contributed by atoms with van der Waals surface area (Å²) in [5, 5.41) is 12.0. The molecule has 1 rings (SSSR count). The molecular formula is C14H26N2O. The van der Waals surface area contributed by atoms with Crippen LogP contribution in [0.2, 0.25) is 0 Å². The van der Waals surface area contributed by atoms with Crippen LogP contribution in [-0.4, -0.2) is 25.8 Å². The van der Waals surface area contributed by atoms with Crippen molar-refractivity contribution in [3.05, 3.63) is 0 Å². The van der Waals surface area contributed by atoms with Crippen LogP contribution in [-0.2, 0) is 4.74 Å². The monoisotopic (exact) mass is 238 g/mol. The minimum Gasteiger partial charge on any atom is -0.381 e. The Hall–Kier alpha value is -0.590. The summed E-state index contributed by atoms with van der Waals surface area (Å²) < 4.78 is 5.72. The predicted molar refractivity (Wildman–Crippen MR) is 69.7 cm³/mol. The number of ether oxygens (including phenoxy) is 1. The zero-order chi connectivity index (χ0) is 12.6. The summed E-state index contributed by atoms with van der Waals surface area (Å²) in [7, 11) is 1.84. The van der Waals surface area contributed by atoms with E-state index < -0.39 is 5.54 Å². The Labute approximate surface area is 106 Å². The molecule has 0 heterocycles. The fourth-order valence-corrected chi connectivity index (χ4v) is 2.37. The van der Waals surface area contributed by atoms with E-state index in [-0.39, 0.29) is 0 Å². The van der Waals surface area contributed by atoms with Crippen LogP contribution in [0.4, 0.5) is 0 Å². The average molecular weight is 238 g/mol. The second-order valence-electron chi connectivity index (χ2n) is 5.38. The average Bonchev–Trinajstić information content (AvgIpc) is 2.39. The standard InChI is InChI=1S/C14H26N2O/c1-14(12-15,16-2)9-6-10-17-11-13-7-4-3-5-8-13/h13,16H,3-11H2,1-2H3. The summed E-state index contributed by atoms with van der Waals surface area (Å²) in [6, 6.07) is 2.30. The maximum Gasteiger partial charge on any atom is 0.103 e. The van der Waals surface area contributed by atoms with Crippen molar-refractivity contribution in [3.8, 4) is 6.07 Å². The van der Waals surface area contributed by atoms with Crippen molar-refractivity contribution >= 4 is 0 Å². The van der Waals surface area contributed by atoms with Crippen molar-refractivity contribution in [1.29, 1.82) is 5.26 Å². The highest BCUT2D eigenvalue weighted by Gasteiger charge is 2.20. The second-order valence-corrected chi connectivity index (χ2v) is 5.38. The van der Waals surface area contributed by atoms with Gasteiger partial charge in [0.25, 0.3) is 0 Å². The zero-order valence-electron chi connectivity index (χ0n) is 11.3. The van der Waals surface area contributed by atoms with Crippen molar-refractivity contribution in [3.63, 3.8) is 0 Å². The maximum atomic E-state index is 8.99. The van der Waals surface area contributed by atoms with E-state index in [1.807, 2.05) is 14.0 Å².